The topological polar surface area (TPSA) is 42.2 Å². The monoisotopic (exact) mass is 193 g/mol. The lowest BCUT2D eigenvalue weighted by atomic mass is 10.2. The third kappa shape index (κ3) is 3.09. The fourth-order valence-electron chi connectivity index (χ4n) is 1.55. The van der Waals surface area contributed by atoms with Crippen LogP contribution in [0.4, 0.5) is 0 Å². The standard InChI is InChI=1S/C11H19N3/c1-3-7-14(2)9-10-5-4-6-13-11(10)8-12/h4-6H,3,7-9,12H2,1-2H3. The smallest absolute Gasteiger partial charge is 0.0584 e. The average Bonchev–Trinajstić information content (AvgIpc) is 2.19. The van der Waals surface area contributed by atoms with Gasteiger partial charge in [-0.25, -0.2) is 0 Å². The van der Waals surface area contributed by atoms with Gasteiger partial charge < -0.3 is 10.6 Å². The summed E-state index contributed by atoms with van der Waals surface area (Å²) in [4.78, 5) is 6.55. The largest absolute Gasteiger partial charge is 0.325 e. The van der Waals surface area contributed by atoms with Crippen molar-refractivity contribution in [2.75, 3.05) is 13.6 Å². The molecule has 3 heteroatoms. The SMILES string of the molecule is CCCN(C)Cc1cccnc1CN. The number of pyridine rings is 1. The maximum Gasteiger partial charge on any atom is 0.0584 e. The Morgan fingerprint density at radius 1 is 1.50 bits per heavy atom. The third-order valence-corrected chi connectivity index (χ3v) is 2.22. The number of hydrogen-bond acceptors (Lipinski definition) is 3. The van der Waals surface area contributed by atoms with Crippen LogP contribution in [0.2, 0.25) is 0 Å². The van der Waals surface area contributed by atoms with Gasteiger partial charge in [-0.05, 0) is 31.6 Å². The summed E-state index contributed by atoms with van der Waals surface area (Å²) in [5, 5.41) is 0. The Kier molecular flexibility index (Phi) is 4.56. The van der Waals surface area contributed by atoms with Crippen molar-refractivity contribution in [3.05, 3.63) is 29.6 Å². The van der Waals surface area contributed by atoms with Crippen molar-refractivity contribution in [2.24, 2.45) is 5.73 Å². The van der Waals surface area contributed by atoms with Crippen molar-refractivity contribution in [3.63, 3.8) is 0 Å². The lowest BCUT2D eigenvalue weighted by Gasteiger charge is -2.16. The summed E-state index contributed by atoms with van der Waals surface area (Å²) in [6.45, 7) is 4.76. The van der Waals surface area contributed by atoms with Crippen LogP contribution in [0.5, 0.6) is 0 Å². The zero-order valence-electron chi connectivity index (χ0n) is 9.03. The van der Waals surface area contributed by atoms with E-state index in [1.807, 2.05) is 6.07 Å². The van der Waals surface area contributed by atoms with Crippen LogP contribution in [0.1, 0.15) is 24.6 Å². The summed E-state index contributed by atoms with van der Waals surface area (Å²) >= 11 is 0. The van der Waals surface area contributed by atoms with Crippen LogP contribution >= 0.6 is 0 Å². The molecule has 0 saturated carbocycles. The zero-order valence-corrected chi connectivity index (χ0v) is 9.03. The van der Waals surface area contributed by atoms with Crippen LogP contribution in [-0.4, -0.2) is 23.5 Å². The average molecular weight is 193 g/mol. The highest BCUT2D eigenvalue weighted by atomic mass is 15.1. The summed E-state index contributed by atoms with van der Waals surface area (Å²) in [6, 6.07) is 4.07. The summed E-state index contributed by atoms with van der Waals surface area (Å²) < 4.78 is 0. The maximum atomic E-state index is 5.62. The van der Waals surface area contributed by atoms with Crippen molar-refractivity contribution in [3.8, 4) is 0 Å². The van der Waals surface area contributed by atoms with E-state index in [2.05, 4.69) is 29.9 Å². The molecule has 0 radical (unpaired) electrons. The minimum absolute atomic E-state index is 0.524. The highest BCUT2D eigenvalue weighted by molar-refractivity contribution is 5.19. The molecular formula is C11H19N3. The molecule has 1 aromatic heterocycles. The quantitative estimate of drug-likeness (QED) is 0.768. The van der Waals surface area contributed by atoms with Crippen molar-refractivity contribution >= 4 is 0 Å². The lowest BCUT2D eigenvalue weighted by Crippen LogP contribution is -2.20. The van der Waals surface area contributed by atoms with Crippen LogP contribution in [-0.2, 0) is 13.1 Å². The zero-order chi connectivity index (χ0) is 10.4. The van der Waals surface area contributed by atoms with E-state index >= 15 is 0 Å². The second kappa shape index (κ2) is 5.73. The van der Waals surface area contributed by atoms with Crippen molar-refractivity contribution < 1.29 is 0 Å². The van der Waals surface area contributed by atoms with Gasteiger partial charge in [0.2, 0.25) is 0 Å². The first kappa shape index (κ1) is 11.1. The second-order valence-corrected chi connectivity index (χ2v) is 3.55. The molecule has 0 aromatic carbocycles. The van der Waals surface area contributed by atoms with E-state index in [-0.39, 0.29) is 0 Å². The molecule has 0 atom stereocenters. The van der Waals surface area contributed by atoms with Gasteiger partial charge in [-0.3, -0.25) is 4.98 Å². The van der Waals surface area contributed by atoms with E-state index in [9.17, 15) is 0 Å². The van der Waals surface area contributed by atoms with E-state index in [1.54, 1.807) is 6.20 Å². The minimum Gasteiger partial charge on any atom is -0.325 e. The van der Waals surface area contributed by atoms with E-state index in [0.29, 0.717) is 6.54 Å². The molecular weight excluding hydrogens is 174 g/mol. The Hall–Kier alpha value is -0.930. The summed E-state index contributed by atoms with van der Waals surface area (Å²) in [5.41, 5.74) is 7.87. The Labute approximate surface area is 85.9 Å². The Morgan fingerprint density at radius 2 is 2.29 bits per heavy atom. The summed E-state index contributed by atoms with van der Waals surface area (Å²) in [7, 11) is 2.12. The minimum atomic E-state index is 0.524. The van der Waals surface area contributed by atoms with E-state index < -0.39 is 0 Å². The molecule has 14 heavy (non-hydrogen) atoms. The molecule has 0 bridgehead atoms. The van der Waals surface area contributed by atoms with Crippen molar-refractivity contribution in [2.45, 2.75) is 26.4 Å². The lowest BCUT2D eigenvalue weighted by molar-refractivity contribution is 0.326. The molecule has 0 fully saturated rings. The van der Waals surface area contributed by atoms with Crippen LogP contribution in [0.15, 0.2) is 18.3 Å². The second-order valence-electron chi connectivity index (χ2n) is 3.55. The molecule has 0 spiro atoms. The van der Waals surface area contributed by atoms with Gasteiger partial charge in [-0.1, -0.05) is 13.0 Å². The molecule has 2 N–H and O–H groups in total. The molecule has 0 saturated heterocycles. The molecule has 3 nitrogen and oxygen atoms in total. The Morgan fingerprint density at radius 3 is 2.93 bits per heavy atom. The van der Waals surface area contributed by atoms with E-state index in [0.717, 1.165) is 18.8 Å². The van der Waals surface area contributed by atoms with Crippen LogP contribution in [0.25, 0.3) is 0 Å². The number of nitrogens with zero attached hydrogens (tertiary/aromatic N) is 2. The first-order valence-electron chi connectivity index (χ1n) is 5.09. The van der Waals surface area contributed by atoms with Crippen molar-refractivity contribution in [1.29, 1.82) is 0 Å². The van der Waals surface area contributed by atoms with Gasteiger partial charge in [-0.2, -0.15) is 0 Å². The first-order chi connectivity index (χ1) is 6.77. The third-order valence-electron chi connectivity index (χ3n) is 2.22. The van der Waals surface area contributed by atoms with Crippen molar-refractivity contribution in [1.82, 2.24) is 9.88 Å². The van der Waals surface area contributed by atoms with Crippen LogP contribution in [0, 0.1) is 0 Å². The van der Waals surface area contributed by atoms with E-state index in [4.69, 9.17) is 5.73 Å². The molecule has 0 aliphatic rings. The molecule has 0 unspecified atom stereocenters. The van der Waals surface area contributed by atoms with Gasteiger partial charge in [-0.15, -0.1) is 0 Å². The van der Waals surface area contributed by atoms with Crippen LogP contribution in [0.3, 0.4) is 0 Å². The predicted molar refractivity (Wildman–Crippen MR) is 58.8 cm³/mol. The Balaban J connectivity index is 2.65. The highest BCUT2D eigenvalue weighted by Gasteiger charge is 2.03. The normalized spacial score (nSPS) is 10.9. The summed E-state index contributed by atoms with van der Waals surface area (Å²) in [6.07, 6.45) is 2.97. The van der Waals surface area contributed by atoms with Gasteiger partial charge in [0.05, 0.1) is 5.69 Å². The summed E-state index contributed by atoms with van der Waals surface area (Å²) in [5.74, 6) is 0. The maximum absolute atomic E-state index is 5.62. The Bertz CT molecular complexity index is 273. The fraction of sp³-hybridized carbons (Fsp3) is 0.545. The predicted octanol–water partition coefficient (Wildman–Crippen LogP) is 1.38. The van der Waals surface area contributed by atoms with Gasteiger partial charge >= 0.3 is 0 Å². The van der Waals surface area contributed by atoms with Gasteiger partial charge in [0.1, 0.15) is 0 Å². The number of rotatable bonds is 5. The molecule has 0 aliphatic heterocycles. The van der Waals surface area contributed by atoms with Gasteiger partial charge in [0.15, 0.2) is 0 Å². The van der Waals surface area contributed by atoms with Gasteiger partial charge in [0, 0.05) is 19.3 Å². The van der Waals surface area contributed by atoms with Gasteiger partial charge in [0.25, 0.3) is 0 Å². The molecule has 78 valence electrons. The number of nitrogens with two attached hydrogens (primary N) is 1. The van der Waals surface area contributed by atoms with Crippen LogP contribution < -0.4 is 5.73 Å². The molecule has 0 aliphatic carbocycles. The number of aromatic nitrogens is 1. The molecule has 0 amide bonds. The first-order valence-corrected chi connectivity index (χ1v) is 5.09. The number of hydrogen-bond donors (Lipinski definition) is 1. The molecule has 1 heterocycles. The molecule has 1 aromatic rings. The highest BCUT2D eigenvalue weighted by Crippen LogP contribution is 2.07. The molecule has 1 rings (SSSR count). The van der Waals surface area contributed by atoms with E-state index in [1.165, 1.54) is 12.0 Å². The fourth-order valence-corrected chi connectivity index (χ4v) is 1.55.